The lowest BCUT2D eigenvalue weighted by molar-refractivity contribution is -0.0328. The van der Waals surface area contributed by atoms with Crippen molar-refractivity contribution >= 4 is 56.9 Å². The molecule has 1 aromatic carbocycles. The highest BCUT2D eigenvalue weighted by Gasteiger charge is 2.30. The SMILES string of the molecule is Fc1c(I)ccc(SC(F)(F)F)c1I. The maximum atomic E-state index is 13.2. The topological polar surface area (TPSA) is 0 Å². The molecule has 7 heteroatoms. The number of rotatable bonds is 1. The van der Waals surface area contributed by atoms with E-state index in [9.17, 15) is 17.6 Å². The molecule has 0 saturated carbocycles. The first-order valence-corrected chi connectivity index (χ1v) is 6.18. The van der Waals surface area contributed by atoms with Crippen LogP contribution in [0.25, 0.3) is 0 Å². The Bertz CT molecular complexity index is 350. The van der Waals surface area contributed by atoms with Gasteiger partial charge in [-0.25, -0.2) is 4.39 Å². The highest BCUT2D eigenvalue weighted by molar-refractivity contribution is 14.1. The Kier molecular flexibility index (Phi) is 4.33. The van der Waals surface area contributed by atoms with Gasteiger partial charge in [0.25, 0.3) is 0 Å². The molecule has 1 rings (SSSR count). The van der Waals surface area contributed by atoms with E-state index in [-0.39, 0.29) is 20.2 Å². The zero-order valence-corrected chi connectivity index (χ0v) is 11.5. The fourth-order valence-corrected chi connectivity index (χ4v) is 3.04. The summed E-state index contributed by atoms with van der Waals surface area (Å²) >= 11 is 3.00. The highest BCUT2D eigenvalue weighted by Crippen LogP contribution is 2.40. The summed E-state index contributed by atoms with van der Waals surface area (Å²) in [4.78, 5) is -0.101. The van der Waals surface area contributed by atoms with Gasteiger partial charge >= 0.3 is 5.51 Å². The van der Waals surface area contributed by atoms with Gasteiger partial charge in [-0.2, -0.15) is 13.2 Å². The number of alkyl halides is 3. The summed E-state index contributed by atoms with van der Waals surface area (Å²) in [5.41, 5.74) is -4.38. The zero-order valence-electron chi connectivity index (χ0n) is 6.33. The van der Waals surface area contributed by atoms with Crippen LogP contribution in [-0.2, 0) is 0 Å². The van der Waals surface area contributed by atoms with Crippen LogP contribution in [0, 0.1) is 13.0 Å². The fraction of sp³-hybridized carbons (Fsp3) is 0.143. The summed E-state index contributed by atoms with van der Waals surface area (Å²) in [7, 11) is 0. The van der Waals surface area contributed by atoms with Gasteiger partial charge in [0.2, 0.25) is 0 Å². The van der Waals surface area contributed by atoms with Crippen molar-refractivity contribution in [1.29, 1.82) is 0 Å². The third-order valence-electron chi connectivity index (χ3n) is 1.23. The van der Waals surface area contributed by atoms with Crippen molar-refractivity contribution in [3.63, 3.8) is 0 Å². The van der Waals surface area contributed by atoms with Gasteiger partial charge in [-0.05, 0) is 69.1 Å². The second-order valence-corrected chi connectivity index (χ2v) is 5.57. The van der Waals surface area contributed by atoms with Crippen LogP contribution < -0.4 is 0 Å². The average Bonchev–Trinajstić information content (AvgIpc) is 2.04. The van der Waals surface area contributed by atoms with Crippen molar-refractivity contribution in [2.75, 3.05) is 0 Å². The first-order valence-electron chi connectivity index (χ1n) is 3.20. The van der Waals surface area contributed by atoms with Crippen molar-refractivity contribution < 1.29 is 17.6 Å². The average molecular weight is 448 g/mol. The predicted molar refractivity (Wildman–Crippen MR) is 63.7 cm³/mol. The molecule has 0 amide bonds. The Labute approximate surface area is 109 Å². The zero-order chi connectivity index (χ0) is 10.9. The summed E-state index contributed by atoms with van der Waals surface area (Å²) in [5, 5.41) is 0. The van der Waals surface area contributed by atoms with Crippen molar-refractivity contribution in [3.05, 3.63) is 25.1 Å². The quantitative estimate of drug-likeness (QED) is 0.261. The summed E-state index contributed by atoms with van der Waals surface area (Å²) < 4.78 is 49.5. The molecule has 0 aliphatic heterocycles. The molecule has 14 heavy (non-hydrogen) atoms. The molecule has 0 aromatic heterocycles. The largest absolute Gasteiger partial charge is 0.446 e. The van der Waals surface area contributed by atoms with E-state index >= 15 is 0 Å². The molecule has 0 heterocycles. The van der Waals surface area contributed by atoms with Gasteiger partial charge in [-0.15, -0.1) is 0 Å². The van der Waals surface area contributed by atoms with E-state index in [0.29, 0.717) is 3.57 Å². The van der Waals surface area contributed by atoms with Gasteiger partial charge in [0.1, 0.15) is 0 Å². The second kappa shape index (κ2) is 4.73. The molecule has 0 aliphatic carbocycles. The maximum absolute atomic E-state index is 13.2. The smallest absolute Gasteiger partial charge is 0.205 e. The van der Waals surface area contributed by atoms with Crippen LogP contribution in [-0.4, -0.2) is 5.51 Å². The summed E-state index contributed by atoms with van der Waals surface area (Å²) in [6.45, 7) is 0. The van der Waals surface area contributed by atoms with Crippen molar-refractivity contribution in [3.8, 4) is 0 Å². The molecule has 78 valence electrons. The normalized spacial score (nSPS) is 11.9. The second-order valence-electron chi connectivity index (χ2n) is 2.22. The van der Waals surface area contributed by atoms with Crippen molar-refractivity contribution in [2.45, 2.75) is 10.4 Å². The van der Waals surface area contributed by atoms with Gasteiger partial charge in [0, 0.05) is 8.47 Å². The molecule has 0 atom stereocenters. The van der Waals surface area contributed by atoms with Gasteiger partial charge in [-0.3, -0.25) is 0 Å². The van der Waals surface area contributed by atoms with Crippen LogP contribution in [0.5, 0.6) is 0 Å². The van der Waals surface area contributed by atoms with Gasteiger partial charge in [0.05, 0.1) is 3.57 Å². The maximum Gasteiger partial charge on any atom is 0.446 e. The van der Waals surface area contributed by atoms with Gasteiger partial charge < -0.3 is 0 Å². The van der Waals surface area contributed by atoms with Crippen LogP contribution in [0.15, 0.2) is 17.0 Å². The molecule has 0 aliphatic rings. The minimum Gasteiger partial charge on any atom is -0.205 e. The van der Waals surface area contributed by atoms with E-state index in [2.05, 4.69) is 0 Å². The van der Waals surface area contributed by atoms with Gasteiger partial charge in [0.15, 0.2) is 5.82 Å². The first-order chi connectivity index (χ1) is 6.31. The third-order valence-corrected chi connectivity index (χ3v) is 4.27. The van der Waals surface area contributed by atoms with E-state index in [1.54, 1.807) is 45.2 Å². The monoisotopic (exact) mass is 448 g/mol. The molecule has 1 aromatic rings. The number of thioether (sulfide) groups is 1. The van der Waals surface area contributed by atoms with Crippen LogP contribution >= 0.6 is 56.9 Å². The molecule has 0 spiro atoms. The Hall–Kier alpha value is 0.750. The van der Waals surface area contributed by atoms with Crippen molar-refractivity contribution in [2.24, 2.45) is 0 Å². The molecule has 0 N–H and O–H groups in total. The van der Waals surface area contributed by atoms with E-state index in [0.717, 1.165) is 0 Å². The molecule has 0 radical (unpaired) electrons. The van der Waals surface area contributed by atoms with Crippen LogP contribution in [0.1, 0.15) is 0 Å². The molecule has 0 nitrogen and oxygen atoms in total. The lowest BCUT2D eigenvalue weighted by Crippen LogP contribution is -2.01. The van der Waals surface area contributed by atoms with Crippen molar-refractivity contribution in [1.82, 2.24) is 0 Å². The standard InChI is InChI=1S/C7H2F4I2S/c8-5-3(12)1-2-4(6(5)13)14-7(9,10)11/h1-2H. The number of benzene rings is 1. The lowest BCUT2D eigenvalue weighted by atomic mass is 10.3. The molecular formula is C7H2F4I2S. The first kappa shape index (κ1) is 12.8. The Balaban J connectivity index is 3.06. The molecule has 0 unspecified atom stereocenters. The minimum absolute atomic E-state index is 0.0109. The number of halogens is 6. The Morgan fingerprint density at radius 1 is 1.14 bits per heavy atom. The Morgan fingerprint density at radius 3 is 2.21 bits per heavy atom. The minimum atomic E-state index is -4.38. The van der Waals surface area contributed by atoms with E-state index in [1.807, 2.05) is 0 Å². The molecule has 0 saturated heterocycles. The van der Waals surface area contributed by atoms with Gasteiger partial charge in [-0.1, -0.05) is 0 Å². The molecule has 0 bridgehead atoms. The molecular weight excluding hydrogens is 446 g/mol. The number of hydrogen-bond donors (Lipinski definition) is 0. The van der Waals surface area contributed by atoms with Crippen LogP contribution in [0.3, 0.4) is 0 Å². The van der Waals surface area contributed by atoms with E-state index in [1.165, 1.54) is 12.1 Å². The molecule has 0 fully saturated rings. The van der Waals surface area contributed by atoms with E-state index in [4.69, 9.17) is 0 Å². The van der Waals surface area contributed by atoms with E-state index < -0.39 is 11.3 Å². The summed E-state index contributed by atoms with van der Waals surface area (Å²) in [5.74, 6) is -0.597. The number of hydrogen-bond acceptors (Lipinski definition) is 1. The third kappa shape index (κ3) is 3.40. The lowest BCUT2D eigenvalue weighted by Gasteiger charge is -2.08. The highest BCUT2D eigenvalue weighted by atomic mass is 127. The summed E-state index contributed by atoms with van der Waals surface area (Å²) in [6, 6.07) is 2.59. The van der Waals surface area contributed by atoms with Crippen LogP contribution in [0.4, 0.5) is 17.6 Å². The Morgan fingerprint density at radius 2 is 1.71 bits per heavy atom. The fourth-order valence-electron chi connectivity index (χ4n) is 0.712. The van der Waals surface area contributed by atoms with Crippen LogP contribution in [0.2, 0.25) is 0 Å². The predicted octanol–water partition coefficient (Wildman–Crippen LogP) is 4.65. The summed E-state index contributed by atoms with van der Waals surface area (Å²) in [6.07, 6.45) is 0.